The highest BCUT2D eigenvalue weighted by Gasteiger charge is 2.15. The van der Waals surface area contributed by atoms with E-state index in [1.54, 1.807) is 25.2 Å². The molecule has 1 heterocycles. The minimum absolute atomic E-state index is 0.332. The predicted molar refractivity (Wildman–Crippen MR) is 43.4 cm³/mol. The fourth-order valence-electron chi connectivity index (χ4n) is 0.798. The van der Waals surface area contributed by atoms with Gasteiger partial charge >= 0.3 is 5.97 Å². The topological polar surface area (TPSA) is 58.6 Å². The van der Waals surface area contributed by atoms with E-state index in [9.17, 15) is 4.79 Å². The first-order valence-electron chi connectivity index (χ1n) is 3.68. The highest BCUT2D eigenvalue weighted by atomic mass is 16.5. The first-order valence-corrected chi connectivity index (χ1v) is 3.68. The van der Waals surface area contributed by atoms with Gasteiger partial charge in [-0.05, 0) is 19.1 Å². The quantitative estimate of drug-likeness (QED) is 0.645. The summed E-state index contributed by atoms with van der Waals surface area (Å²) in [5, 5.41) is 11.3. The van der Waals surface area contributed by atoms with E-state index in [0.717, 1.165) is 0 Å². The Bertz CT molecular complexity index is 222. The van der Waals surface area contributed by atoms with Crippen molar-refractivity contribution in [2.24, 2.45) is 0 Å². The van der Waals surface area contributed by atoms with Crippen molar-refractivity contribution in [3.05, 3.63) is 24.5 Å². The van der Waals surface area contributed by atoms with Gasteiger partial charge in [-0.2, -0.15) is 0 Å². The average molecular weight is 169 g/mol. The smallest absolute Gasteiger partial charge is 0.320 e. The van der Waals surface area contributed by atoms with Crippen molar-refractivity contribution in [2.45, 2.75) is 19.2 Å². The fourth-order valence-corrected chi connectivity index (χ4v) is 0.798. The number of allylic oxidation sites excluding steroid dienone is 2. The summed E-state index contributed by atoms with van der Waals surface area (Å²) < 4.78 is 5.06. The molecule has 0 aromatic rings. The molecule has 0 radical (unpaired) electrons. The minimum atomic E-state index is -0.887. The number of rotatable bonds is 3. The van der Waals surface area contributed by atoms with Crippen LogP contribution in [0.5, 0.6) is 0 Å². The number of hydrogen-bond donors (Lipinski definition) is 2. The lowest BCUT2D eigenvalue weighted by atomic mass is 10.3. The van der Waals surface area contributed by atoms with Gasteiger partial charge in [0.15, 0.2) is 6.23 Å². The van der Waals surface area contributed by atoms with E-state index < -0.39 is 12.0 Å². The highest BCUT2D eigenvalue weighted by Crippen LogP contribution is 1.99. The molecule has 12 heavy (non-hydrogen) atoms. The molecule has 0 aromatic heterocycles. The molecule has 1 aliphatic rings. The minimum Gasteiger partial charge on any atom is -0.480 e. The Hall–Kier alpha value is -1.29. The summed E-state index contributed by atoms with van der Waals surface area (Å²) in [4.78, 5) is 10.4. The zero-order valence-electron chi connectivity index (χ0n) is 6.73. The Morgan fingerprint density at radius 3 is 2.92 bits per heavy atom. The van der Waals surface area contributed by atoms with Gasteiger partial charge in [-0.15, -0.1) is 0 Å². The van der Waals surface area contributed by atoms with Gasteiger partial charge in [-0.25, -0.2) is 0 Å². The summed E-state index contributed by atoms with van der Waals surface area (Å²) in [6.45, 7) is 1.57. The van der Waals surface area contributed by atoms with E-state index in [1.165, 1.54) is 6.26 Å². The fraction of sp³-hybridized carbons (Fsp3) is 0.375. The number of aliphatic carboxylic acids is 1. The molecule has 1 unspecified atom stereocenters. The second-order valence-corrected chi connectivity index (χ2v) is 2.50. The van der Waals surface area contributed by atoms with E-state index in [0.29, 0.717) is 0 Å². The maximum atomic E-state index is 10.4. The maximum Gasteiger partial charge on any atom is 0.320 e. The number of nitrogens with one attached hydrogen (secondary N) is 1. The summed E-state index contributed by atoms with van der Waals surface area (Å²) in [6, 6.07) is -0.605. The van der Waals surface area contributed by atoms with Gasteiger partial charge in [-0.1, -0.05) is 6.08 Å². The monoisotopic (exact) mass is 169 g/mol. The average Bonchev–Trinajstić information content (AvgIpc) is 2.06. The normalized spacial score (nSPS) is 23.2. The van der Waals surface area contributed by atoms with Crippen molar-refractivity contribution in [1.82, 2.24) is 5.32 Å². The molecule has 0 bridgehead atoms. The second-order valence-electron chi connectivity index (χ2n) is 2.50. The molecule has 0 saturated carbocycles. The Labute approximate surface area is 70.5 Å². The number of ether oxygens (including phenoxy) is 1. The molecule has 0 amide bonds. The third-order valence-corrected chi connectivity index (χ3v) is 1.49. The Morgan fingerprint density at radius 1 is 1.67 bits per heavy atom. The van der Waals surface area contributed by atoms with Crippen molar-refractivity contribution in [2.75, 3.05) is 0 Å². The molecule has 0 spiro atoms. The Morgan fingerprint density at radius 2 is 2.42 bits per heavy atom. The first kappa shape index (κ1) is 8.80. The van der Waals surface area contributed by atoms with Crippen LogP contribution in [0, 0.1) is 0 Å². The number of carboxylic acids is 1. The first-order chi connectivity index (χ1) is 5.70. The van der Waals surface area contributed by atoms with Crippen LogP contribution in [0.25, 0.3) is 0 Å². The van der Waals surface area contributed by atoms with Gasteiger partial charge in [0.05, 0.1) is 6.26 Å². The van der Waals surface area contributed by atoms with Gasteiger partial charge in [-0.3, -0.25) is 10.1 Å². The van der Waals surface area contributed by atoms with E-state index in [4.69, 9.17) is 9.84 Å². The van der Waals surface area contributed by atoms with E-state index in [1.807, 2.05) is 0 Å². The highest BCUT2D eigenvalue weighted by molar-refractivity contribution is 5.72. The van der Waals surface area contributed by atoms with Crippen LogP contribution in [0.4, 0.5) is 0 Å². The summed E-state index contributed by atoms with van der Waals surface area (Å²) in [5.41, 5.74) is 0. The lowest BCUT2D eigenvalue weighted by Crippen LogP contribution is -2.41. The standard InChI is InChI=1S/C8H11NO3/c1-6(8(10)11)9-7-4-2-3-5-12-7/h2-7,9H,1H3,(H,10,11)/t6-,7?/m0/s1. The number of hydrogen-bond acceptors (Lipinski definition) is 3. The van der Waals surface area contributed by atoms with Gasteiger partial charge in [0.25, 0.3) is 0 Å². The third-order valence-electron chi connectivity index (χ3n) is 1.49. The van der Waals surface area contributed by atoms with Crippen LogP contribution in [0.3, 0.4) is 0 Å². The van der Waals surface area contributed by atoms with Crippen LogP contribution in [0.2, 0.25) is 0 Å². The van der Waals surface area contributed by atoms with Gasteiger partial charge in [0.2, 0.25) is 0 Å². The second kappa shape index (κ2) is 3.92. The van der Waals surface area contributed by atoms with Crippen LogP contribution in [0.1, 0.15) is 6.92 Å². The predicted octanol–water partition coefficient (Wildman–Crippen LogP) is 0.475. The largest absolute Gasteiger partial charge is 0.480 e. The van der Waals surface area contributed by atoms with Crippen molar-refractivity contribution in [1.29, 1.82) is 0 Å². The molecule has 0 saturated heterocycles. The summed E-state index contributed by atoms with van der Waals surface area (Å²) in [6.07, 6.45) is 6.48. The van der Waals surface area contributed by atoms with E-state index in [2.05, 4.69) is 5.32 Å². The van der Waals surface area contributed by atoms with E-state index in [-0.39, 0.29) is 6.23 Å². The molecule has 0 fully saturated rings. The molecule has 1 aliphatic heterocycles. The Balaban J connectivity index is 2.36. The van der Waals surface area contributed by atoms with Crippen molar-refractivity contribution in [3.8, 4) is 0 Å². The van der Waals surface area contributed by atoms with E-state index >= 15 is 0 Å². The molecule has 4 heteroatoms. The Kier molecular flexibility index (Phi) is 2.88. The zero-order valence-corrected chi connectivity index (χ0v) is 6.73. The molecule has 2 N–H and O–H groups in total. The molecule has 66 valence electrons. The maximum absolute atomic E-state index is 10.4. The van der Waals surface area contributed by atoms with Gasteiger partial charge in [0.1, 0.15) is 6.04 Å². The van der Waals surface area contributed by atoms with Crippen LogP contribution in [-0.2, 0) is 9.53 Å². The number of carboxylic acid groups (broad SMARTS) is 1. The lowest BCUT2D eigenvalue weighted by Gasteiger charge is -2.18. The van der Waals surface area contributed by atoms with Gasteiger partial charge in [0, 0.05) is 0 Å². The van der Waals surface area contributed by atoms with Crippen molar-refractivity contribution >= 4 is 5.97 Å². The zero-order chi connectivity index (χ0) is 8.97. The van der Waals surface area contributed by atoms with Gasteiger partial charge < -0.3 is 9.84 Å². The van der Waals surface area contributed by atoms with Crippen LogP contribution >= 0.6 is 0 Å². The molecule has 0 aliphatic carbocycles. The number of carbonyl (C=O) groups is 1. The summed E-state index contributed by atoms with van der Waals surface area (Å²) in [5.74, 6) is -0.887. The summed E-state index contributed by atoms with van der Waals surface area (Å²) >= 11 is 0. The molecule has 1 rings (SSSR count). The van der Waals surface area contributed by atoms with Crippen molar-refractivity contribution < 1.29 is 14.6 Å². The lowest BCUT2D eigenvalue weighted by molar-refractivity contribution is -0.139. The molecular weight excluding hydrogens is 158 g/mol. The summed E-state index contributed by atoms with van der Waals surface area (Å²) in [7, 11) is 0. The molecular formula is C8H11NO3. The van der Waals surface area contributed by atoms with Crippen LogP contribution < -0.4 is 5.32 Å². The SMILES string of the molecule is C[C@H](NC1C=CC=CO1)C(=O)O. The molecule has 0 aromatic carbocycles. The van der Waals surface area contributed by atoms with Crippen molar-refractivity contribution in [3.63, 3.8) is 0 Å². The molecule has 2 atom stereocenters. The molecule has 4 nitrogen and oxygen atoms in total. The van der Waals surface area contributed by atoms with Crippen LogP contribution in [0.15, 0.2) is 24.5 Å². The third kappa shape index (κ3) is 2.39. The van der Waals surface area contributed by atoms with Crippen LogP contribution in [-0.4, -0.2) is 23.3 Å².